The van der Waals surface area contributed by atoms with Gasteiger partial charge in [0.05, 0.1) is 18.4 Å². The van der Waals surface area contributed by atoms with Crippen molar-refractivity contribution in [3.8, 4) is 5.75 Å². The third kappa shape index (κ3) is 6.52. The number of thioether (sulfide) groups is 1. The van der Waals surface area contributed by atoms with Crippen LogP contribution in [0.1, 0.15) is 17.3 Å². The molecule has 31 heavy (non-hydrogen) atoms. The minimum atomic E-state index is -0.359. The molecule has 0 aliphatic heterocycles. The van der Waals surface area contributed by atoms with Gasteiger partial charge in [-0.1, -0.05) is 41.3 Å². The normalized spacial score (nSPS) is 10.3. The molecule has 0 spiro atoms. The van der Waals surface area contributed by atoms with Gasteiger partial charge >= 0.3 is 0 Å². The first-order valence-electron chi connectivity index (χ1n) is 9.03. The fourth-order valence-electron chi connectivity index (χ4n) is 2.52. The lowest BCUT2D eigenvalue weighted by molar-refractivity contribution is -0.114. The molecule has 0 saturated carbocycles. The Hall–Kier alpha value is -3.44. The molecule has 0 aliphatic carbocycles. The molecule has 2 aromatic carbocycles. The van der Waals surface area contributed by atoms with E-state index in [1.54, 1.807) is 48.5 Å². The molecule has 1 heterocycles. The number of hydrogen-bond acceptors (Lipinski definition) is 8. The first kappa shape index (κ1) is 22.2. The molecule has 0 bridgehead atoms. The summed E-state index contributed by atoms with van der Waals surface area (Å²) >= 11 is 2.37. The molecule has 3 N–H and O–H groups in total. The number of ether oxygens (including phenoxy) is 1. The minimum absolute atomic E-state index is 0.111. The van der Waals surface area contributed by atoms with Crippen molar-refractivity contribution in [1.82, 2.24) is 10.2 Å². The molecular weight excluding hydrogens is 438 g/mol. The lowest BCUT2D eigenvalue weighted by Crippen LogP contribution is -2.14. The average molecular weight is 458 g/mol. The molecule has 160 valence electrons. The third-order valence-corrected chi connectivity index (χ3v) is 5.74. The van der Waals surface area contributed by atoms with E-state index in [1.165, 1.54) is 37.1 Å². The highest BCUT2D eigenvalue weighted by Gasteiger charge is 2.15. The van der Waals surface area contributed by atoms with Crippen LogP contribution in [0, 0.1) is 0 Å². The Kier molecular flexibility index (Phi) is 7.57. The van der Waals surface area contributed by atoms with E-state index >= 15 is 0 Å². The van der Waals surface area contributed by atoms with E-state index in [4.69, 9.17) is 4.74 Å². The zero-order valence-electron chi connectivity index (χ0n) is 16.7. The van der Waals surface area contributed by atoms with E-state index in [9.17, 15) is 14.4 Å². The van der Waals surface area contributed by atoms with Crippen LogP contribution < -0.4 is 20.7 Å². The number of nitrogens with zero attached hydrogens (tertiary/aromatic N) is 2. The summed E-state index contributed by atoms with van der Waals surface area (Å²) in [5.41, 5.74) is 1.55. The Labute approximate surface area is 186 Å². The van der Waals surface area contributed by atoms with Gasteiger partial charge in [-0.2, -0.15) is 0 Å². The molecule has 0 unspecified atom stereocenters. The van der Waals surface area contributed by atoms with Crippen molar-refractivity contribution in [2.45, 2.75) is 11.3 Å². The second-order valence-electron chi connectivity index (χ2n) is 6.13. The maximum absolute atomic E-state index is 12.4. The van der Waals surface area contributed by atoms with Gasteiger partial charge in [0.2, 0.25) is 16.9 Å². The third-order valence-electron chi connectivity index (χ3n) is 3.77. The molecule has 3 aromatic rings. The summed E-state index contributed by atoms with van der Waals surface area (Å²) in [6.07, 6.45) is 0. The highest BCUT2D eigenvalue weighted by Crippen LogP contribution is 2.27. The summed E-state index contributed by atoms with van der Waals surface area (Å²) in [5.74, 6) is -0.219. The predicted molar refractivity (Wildman–Crippen MR) is 121 cm³/mol. The maximum atomic E-state index is 12.4. The number of benzene rings is 2. The zero-order valence-corrected chi connectivity index (χ0v) is 18.3. The largest absolute Gasteiger partial charge is 0.496 e. The van der Waals surface area contributed by atoms with Gasteiger partial charge in [-0.15, -0.1) is 10.2 Å². The number of methoxy groups -OCH3 is 1. The van der Waals surface area contributed by atoms with Gasteiger partial charge in [0, 0.05) is 18.3 Å². The van der Waals surface area contributed by atoms with Crippen LogP contribution in [-0.2, 0) is 9.59 Å². The van der Waals surface area contributed by atoms with Crippen molar-refractivity contribution >= 4 is 57.3 Å². The quantitative estimate of drug-likeness (QED) is 0.350. The maximum Gasteiger partial charge on any atom is 0.261 e. The topological polar surface area (TPSA) is 122 Å². The average Bonchev–Trinajstić information content (AvgIpc) is 3.19. The standard InChI is InChI=1S/C20H19N5O4S2/c1-12(26)21-13-6-5-7-14(10-13)22-17(27)11-30-20-25-24-19(31-20)23-18(28)15-8-3-4-9-16(15)29-2/h3-10H,11H2,1-2H3,(H,21,26)(H,22,27)(H,23,24,28). The Morgan fingerprint density at radius 1 is 1.00 bits per heavy atom. The molecule has 0 atom stereocenters. The Bertz CT molecular complexity index is 1100. The van der Waals surface area contributed by atoms with E-state index in [-0.39, 0.29) is 23.5 Å². The number of nitrogens with one attached hydrogen (secondary N) is 3. The molecule has 0 radical (unpaired) electrons. The summed E-state index contributed by atoms with van der Waals surface area (Å²) < 4.78 is 5.73. The number of carbonyl (C=O) groups is 3. The fourth-order valence-corrected chi connectivity index (χ4v) is 4.06. The number of rotatable bonds is 8. The number of amides is 3. The van der Waals surface area contributed by atoms with Gasteiger partial charge in [-0.25, -0.2) is 0 Å². The van der Waals surface area contributed by atoms with Crippen LogP contribution in [0.2, 0.25) is 0 Å². The van der Waals surface area contributed by atoms with Gasteiger partial charge in [0.25, 0.3) is 5.91 Å². The Morgan fingerprint density at radius 3 is 2.48 bits per heavy atom. The van der Waals surface area contributed by atoms with Crippen LogP contribution in [0.4, 0.5) is 16.5 Å². The van der Waals surface area contributed by atoms with Crippen molar-refractivity contribution in [2.24, 2.45) is 0 Å². The number of para-hydroxylation sites is 1. The predicted octanol–water partition coefficient (Wildman–Crippen LogP) is 3.49. The van der Waals surface area contributed by atoms with Crippen LogP contribution in [0.3, 0.4) is 0 Å². The number of anilines is 3. The SMILES string of the molecule is COc1ccccc1C(=O)Nc1nnc(SCC(=O)Nc2cccc(NC(C)=O)c2)s1. The van der Waals surface area contributed by atoms with Crippen LogP contribution in [-0.4, -0.2) is 40.8 Å². The summed E-state index contributed by atoms with van der Waals surface area (Å²) in [6.45, 7) is 1.41. The van der Waals surface area contributed by atoms with Gasteiger partial charge in [0.1, 0.15) is 5.75 Å². The summed E-state index contributed by atoms with van der Waals surface area (Å²) in [6, 6.07) is 13.7. The van der Waals surface area contributed by atoms with Crippen LogP contribution in [0.5, 0.6) is 5.75 Å². The summed E-state index contributed by atoms with van der Waals surface area (Å²) in [5, 5.41) is 16.4. The first-order valence-corrected chi connectivity index (χ1v) is 10.8. The van der Waals surface area contributed by atoms with Gasteiger partial charge in [-0.3, -0.25) is 19.7 Å². The summed E-state index contributed by atoms with van der Waals surface area (Å²) in [7, 11) is 1.49. The zero-order chi connectivity index (χ0) is 22.2. The van der Waals surface area contributed by atoms with E-state index in [1.807, 2.05) is 0 Å². The fraction of sp³-hybridized carbons (Fsp3) is 0.150. The highest BCUT2D eigenvalue weighted by molar-refractivity contribution is 8.01. The monoisotopic (exact) mass is 457 g/mol. The second-order valence-corrected chi connectivity index (χ2v) is 8.33. The lowest BCUT2D eigenvalue weighted by atomic mass is 10.2. The molecule has 9 nitrogen and oxygen atoms in total. The van der Waals surface area contributed by atoms with Gasteiger partial charge in [-0.05, 0) is 30.3 Å². The smallest absolute Gasteiger partial charge is 0.261 e. The number of carbonyl (C=O) groups excluding carboxylic acids is 3. The van der Waals surface area contributed by atoms with E-state index in [0.717, 1.165) is 0 Å². The number of hydrogen-bond donors (Lipinski definition) is 3. The minimum Gasteiger partial charge on any atom is -0.496 e. The van der Waals surface area contributed by atoms with Crippen LogP contribution >= 0.6 is 23.1 Å². The highest BCUT2D eigenvalue weighted by atomic mass is 32.2. The first-order chi connectivity index (χ1) is 14.9. The van der Waals surface area contributed by atoms with Crippen molar-refractivity contribution in [1.29, 1.82) is 0 Å². The van der Waals surface area contributed by atoms with Crippen molar-refractivity contribution in [3.63, 3.8) is 0 Å². The molecule has 0 fully saturated rings. The summed E-state index contributed by atoms with van der Waals surface area (Å²) in [4.78, 5) is 35.8. The molecule has 11 heteroatoms. The lowest BCUT2D eigenvalue weighted by Gasteiger charge is -2.07. The second kappa shape index (κ2) is 10.5. The van der Waals surface area contributed by atoms with E-state index in [0.29, 0.717) is 32.2 Å². The van der Waals surface area contributed by atoms with Crippen molar-refractivity contribution < 1.29 is 19.1 Å². The molecule has 0 aliphatic rings. The van der Waals surface area contributed by atoms with Crippen LogP contribution in [0.25, 0.3) is 0 Å². The van der Waals surface area contributed by atoms with Gasteiger partial charge < -0.3 is 15.4 Å². The van der Waals surface area contributed by atoms with Crippen molar-refractivity contribution in [3.05, 3.63) is 54.1 Å². The Morgan fingerprint density at radius 2 is 1.74 bits per heavy atom. The van der Waals surface area contributed by atoms with E-state index in [2.05, 4.69) is 26.1 Å². The molecule has 3 amide bonds. The van der Waals surface area contributed by atoms with Gasteiger partial charge in [0.15, 0.2) is 4.34 Å². The van der Waals surface area contributed by atoms with Crippen molar-refractivity contribution in [2.75, 3.05) is 28.8 Å². The molecule has 3 rings (SSSR count). The van der Waals surface area contributed by atoms with E-state index < -0.39 is 0 Å². The number of aromatic nitrogens is 2. The Balaban J connectivity index is 1.52. The molecule has 0 saturated heterocycles. The van der Waals surface area contributed by atoms with Crippen LogP contribution in [0.15, 0.2) is 52.9 Å². The molecular formula is C20H19N5O4S2. The molecule has 1 aromatic heterocycles.